The summed E-state index contributed by atoms with van der Waals surface area (Å²) in [6, 6.07) is 18.0. The van der Waals surface area contributed by atoms with Crippen molar-refractivity contribution in [2.75, 3.05) is 5.32 Å². The fraction of sp³-hybridized carbons (Fsp3) is 0.188. The molecule has 0 unspecified atom stereocenters. The van der Waals surface area contributed by atoms with Crippen LogP contribution in [0.3, 0.4) is 0 Å². The second kappa shape index (κ2) is 7.69. The molecule has 1 amide bonds. The molecule has 0 fully saturated rings. The summed E-state index contributed by atoms with van der Waals surface area (Å²) in [5.41, 5.74) is 2.09. The maximum atomic E-state index is 12.1. The van der Waals surface area contributed by atoms with Gasteiger partial charge in [0.2, 0.25) is 5.91 Å². The first-order valence-electron chi connectivity index (χ1n) is 6.37. The summed E-state index contributed by atoms with van der Waals surface area (Å²) >= 11 is 3.89. The maximum absolute atomic E-state index is 12.1. The number of hydrogen-bond donors (Lipinski definition) is 1. The number of carbonyl (C=O) groups is 1. The molecule has 2 rings (SSSR count). The van der Waals surface area contributed by atoms with Crippen LogP contribution in [0.15, 0.2) is 54.6 Å². The molecule has 0 aliphatic carbocycles. The Hall–Kier alpha value is -1.01. The van der Waals surface area contributed by atoms with Gasteiger partial charge in [-0.2, -0.15) is 0 Å². The van der Waals surface area contributed by atoms with Crippen molar-refractivity contribution in [3.05, 3.63) is 63.7 Å². The summed E-state index contributed by atoms with van der Waals surface area (Å²) in [5, 5.41) is 2.87. The third-order valence-electron chi connectivity index (χ3n) is 2.82. The van der Waals surface area contributed by atoms with Gasteiger partial charge in [-0.25, -0.2) is 0 Å². The molecule has 2 aromatic carbocycles. The third kappa shape index (κ3) is 4.83. The van der Waals surface area contributed by atoms with Crippen molar-refractivity contribution in [1.82, 2.24) is 0 Å². The first kappa shape index (κ1) is 15.4. The highest BCUT2D eigenvalue weighted by atomic mass is 127. The Bertz CT molecular complexity index is 556. The highest BCUT2D eigenvalue weighted by molar-refractivity contribution is 14.1. The molecule has 0 saturated heterocycles. The minimum Gasteiger partial charge on any atom is -0.325 e. The topological polar surface area (TPSA) is 29.1 Å². The Morgan fingerprint density at radius 3 is 2.45 bits per heavy atom. The van der Waals surface area contributed by atoms with Crippen molar-refractivity contribution in [3.63, 3.8) is 0 Å². The van der Waals surface area contributed by atoms with Gasteiger partial charge in [-0.3, -0.25) is 4.79 Å². The standard InChI is InChI=1S/C16H16INOS/c1-12(20-11-13-5-3-2-4-6-13)16(19)18-15-9-7-14(17)8-10-15/h2-10,12H,11H2,1H3,(H,18,19)/t12-/m1/s1. The Labute approximate surface area is 137 Å². The fourth-order valence-electron chi connectivity index (χ4n) is 1.65. The van der Waals surface area contributed by atoms with Crippen molar-refractivity contribution in [2.24, 2.45) is 0 Å². The highest BCUT2D eigenvalue weighted by Gasteiger charge is 2.13. The molecule has 104 valence electrons. The molecular formula is C16H16INOS. The van der Waals surface area contributed by atoms with Crippen LogP contribution in [0, 0.1) is 3.57 Å². The van der Waals surface area contributed by atoms with Crippen molar-refractivity contribution in [1.29, 1.82) is 0 Å². The van der Waals surface area contributed by atoms with Crippen LogP contribution in [-0.4, -0.2) is 11.2 Å². The summed E-state index contributed by atoms with van der Waals surface area (Å²) in [4.78, 5) is 12.1. The average Bonchev–Trinajstić information content (AvgIpc) is 2.48. The number of rotatable bonds is 5. The Balaban J connectivity index is 1.84. The number of anilines is 1. The number of carbonyl (C=O) groups excluding carboxylic acids is 1. The van der Waals surface area contributed by atoms with Gasteiger partial charge in [-0.1, -0.05) is 30.3 Å². The van der Waals surface area contributed by atoms with Gasteiger partial charge in [-0.15, -0.1) is 11.8 Å². The number of thioether (sulfide) groups is 1. The van der Waals surface area contributed by atoms with Gasteiger partial charge in [0.1, 0.15) is 0 Å². The lowest BCUT2D eigenvalue weighted by atomic mass is 10.2. The van der Waals surface area contributed by atoms with E-state index in [0.717, 1.165) is 15.0 Å². The van der Waals surface area contributed by atoms with E-state index in [0.29, 0.717) is 0 Å². The third-order valence-corrected chi connectivity index (χ3v) is 4.76. The maximum Gasteiger partial charge on any atom is 0.237 e. The second-order valence-corrected chi connectivity index (χ2v) is 7.01. The SMILES string of the molecule is C[C@@H](SCc1ccccc1)C(=O)Nc1ccc(I)cc1. The molecule has 0 bridgehead atoms. The van der Waals surface area contributed by atoms with Gasteiger partial charge < -0.3 is 5.32 Å². The fourth-order valence-corrected chi connectivity index (χ4v) is 2.85. The molecule has 2 aromatic rings. The summed E-state index contributed by atoms with van der Waals surface area (Å²) in [6.07, 6.45) is 0. The zero-order valence-corrected chi connectivity index (χ0v) is 14.1. The smallest absolute Gasteiger partial charge is 0.237 e. The molecule has 0 saturated carbocycles. The lowest BCUT2D eigenvalue weighted by Crippen LogP contribution is -2.22. The minimum atomic E-state index is -0.0746. The quantitative estimate of drug-likeness (QED) is 0.750. The van der Waals surface area contributed by atoms with E-state index < -0.39 is 0 Å². The van der Waals surface area contributed by atoms with Gasteiger partial charge >= 0.3 is 0 Å². The van der Waals surface area contributed by atoms with E-state index in [-0.39, 0.29) is 11.2 Å². The summed E-state index contributed by atoms with van der Waals surface area (Å²) in [7, 11) is 0. The highest BCUT2D eigenvalue weighted by Crippen LogP contribution is 2.19. The Morgan fingerprint density at radius 2 is 1.80 bits per heavy atom. The lowest BCUT2D eigenvalue weighted by molar-refractivity contribution is -0.115. The Morgan fingerprint density at radius 1 is 1.15 bits per heavy atom. The number of nitrogens with one attached hydrogen (secondary N) is 1. The molecule has 0 radical (unpaired) electrons. The van der Waals surface area contributed by atoms with Gasteiger partial charge in [0.15, 0.2) is 0 Å². The molecule has 4 heteroatoms. The number of benzene rings is 2. The van der Waals surface area contributed by atoms with Crippen LogP contribution in [0.5, 0.6) is 0 Å². The molecule has 0 aliphatic rings. The molecule has 1 N–H and O–H groups in total. The minimum absolute atomic E-state index is 0.0483. The molecule has 1 atom stereocenters. The summed E-state index contributed by atoms with van der Waals surface area (Å²) in [6.45, 7) is 1.94. The van der Waals surface area contributed by atoms with E-state index in [1.54, 1.807) is 11.8 Å². The normalized spacial score (nSPS) is 11.9. The molecule has 0 heterocycles. The van der Waals surface area contributed by atoms with Crippen LogP contribution >= 0.6 is 34.4 Å². The van der Waals surface area contributed by atoms with E-state index in [2.05, 4.69) is 40.0 Å². The first-order chi connectivity index (χ1) is 9.65. The zero-order chi connectivity index (χ0) is 14.4. The molecule has 0 spiro atoms. The molecule has 0 aliphatic heterocycles. The molecule has 20 heavy (non-hydrogen) atoms. The van der Waals surface area contributed by atoms with Gasteiger partial charge in [0, 0.05) is 15.0 Å². The summed E-state index contributed by atoms with van der Waals surface area (Å²) < 4.78 is 1.16. The van der Waals surface area contributed by atoms with E-state index >= 15 is 0 Å². The van der Waals surface area contributed by atoms with Crippen molar-refractivity contribution < 1.29 is 4.79 Å². The van der Waals surface area contributed by atoms with E-state index in [1.807, 2.05) is 49.4 Å². The number of amides is 1. The van der Waals surface area contributed by atoms with Crippen LogP contribution in [0.1, 0.15) is 12.5 Å². The largest absolute Gasteiger partial charge is 0.325 e. The Kier molecular flexibility index (Phi) is 5.91. The van der Waals surface area contributed by atoms with Crippen molar-refractivity contribution in [3.8, 4) is 0 Å². The van der Waals surface area contributed by atoms with Crippen LogP contribution in [0.25, 0.3) is 0 Å². The van der Waals surface area contributed by atoms with E-state index in [1.165, 1.54) is 5.56 Å². The number of halogens is 1. The lowest BCUT2D eigenvalue weighted by Gasteiger charge is -2.12. The van der Waals surface area contributed by atoms with Gasteiger partial charge in [-0.05, 0) is 59.3 Å². The van der Waals surface area contributed by atoms with Gasteiger partial charge in [0.25, 0.3) is 0 Å². The van der Waals surface area contributed by atoms with Crippen LogP contribution in [0.4, 0.5) is 5.69 Å². The monoisotopic (exact) mass is 397 g/mol. The second-order valence-electron chi connectivity index (χ2n) is 4.43. The molecular weight excluding hydrogens is 381 g/mol. The number of hydrogen-bond acceptors (Lipinski definition) is 2. The molecule has 2 nitrogen and oxygen atoms in total. The van der Waals surface area contributed by atoms with Crippen LogP contribution in [0.2, 0.25) is 0 Å². The zero-order valence-electron chi connectivity index (χ0n) is 11.2. The predicted molar refractivity (Wildman–Crippen MR) is 95.0 cm³/mol. The van der Waals surface area contributed by atoms with Crippen molar-refractivity contribution in [2.45, 2.75) is 17.9 Å². The first-order valence-corrected chi connectivity index (χ1v) is 8.50. The summed E-state index contributed by atoms with van der Waals surface area (Å²) in [5.74, 6) is 0.898. The van der Waals surface area contributed by atoms with Crippen LogP contribution in [-0.2, 0) is 10.5 Å². The molecule has 0 aromatic heterocycles. The van der Waals surface area contributed by atoms with E-state index in [4.69, 9.17) is 0 Å². The predicted octanol–water partition coefficient (Wildman–Crippen LogP) is 4.55. The van der Waals surface area contributed by atoms with Gasteiger partial charge in [0.05, 0.1) is 5.25 Å². The average molecular weight is 397 g/mol. The van der Waals surface area contributed by atoms with Crippen molar-refractivity contribution >= 4 is 45.9 Å². The van der Waals surface area contributed by atoms with Crippen LogP contribution < -0.4 is 5.32 Å². The van der Waals surface area contributed by atoms with E-state index in [9.17, 15) is 4.79 Å².